The van der Waals surface area contributed by atoms with Crippen LogP contribution in [0.25, 0.3) is 0 Å². The summed E-state index contributed by atoms with van der Waals surface area (Å²) in [6.07, 6.45) is 0. The molecule has 5 heteroatoms. The van der Waals surface area contributed by atoms with Gasteiger partial charge in [-0.1, -0.05) is 29.8 Å². The third-order valence-electron chi connectivity index (χ3n) is 2.37. The maximum atomic E-state index is 10.8. The Morgan fingerprint density at radius 3 is 2.56 bits per heavy atom. The van der Waals surface area contributed by atoms with Crippen LogP contribution in [-0.2, 0) is 0 Å². The fraction of sp³-hybridized carbons (Fsp3) is 0.0769. The molecular formula is C13H10ClNO3. The molecule has 0 atom stereocenters. The molecule has 0 bridgehead atoms. The number of para-hydroxylation sites is 2. The molecule has 0 aliphatic carbocycles. The first-order valence-electron chi connectivity index (χ1n) is 5.25. The molecule has 0 amide bonds. The molecule has 2 aromatic carbocycles. The lowest BCUT2D eigenvalue weighted by Crippen LogP contribution is -1.93. The number of benzene rings is 2. The Morgan fingerprint density at radius 2 is 1.89 bits per heavy atom. The van der Waals surface area contributed by atoms with Gasteiger partial charge in [-0.25, -0.2) is 0 Å². The largest absolute Gasteiger partial charge is 0.449 e. The SMILES string of the molecule is Cc1ccc(Oc2ccccc2[N+](=O)[O-])c(Cl)c1. The lowest BCUT2D eigenvalue weighted by atomic mass is 10.2. The van der Waals surface area contributed by atoms with Gasteiger partial charge in [0.15, 0.2) is 0 Å². The van der Waals surface area contributed by atoms with Crippen molar-refractivity contribution in [3.8, 4) is 11.5 Å². The molecule has 18 heavy (non-hydrogen) atoms. The van der Waals surface area contributed by atoms with E-state index in [1.54, 1.807) is 24.3 Å². The maximum Gasteiger partial charge on any atom is 0.311 e. The number of hydrogen-bond acceptors (Lipinski definition) is 3. The van der Waals surface area contributed by atoms with Crippen LogP contribution in [0.15, 0.2) is 42.5 Å². The van der Waals surface area contributed by atoms with Crippen LogP contribution in [0, 0.1) is 17.0 Å². The molecule has 0 N–H and O–H groups in total. The molecule has 0 spiro atoms. The second-order valence-corrected chi connectivity index (χ2v) is 4.17. The van der Waals surface area contributed by atoms with E-state index in [9.17, 15) is 10.1 Å². The van der Waals surface area contributed by atoms with E-state index in [1.807, 2.05) is 13.0 Å². The van der Waals surface area contributed by atoms with Gasteiger partial charge in [-0.3, -0.25) is 10.1 Å². The van der Waals surface area contributed by atoms with Crippen molar-refractivity contribution in [3.05, 3.63) is 63.2 Å². The minimum Gasteiger partial charge on any atom is -0.449 e. The van der Waals surface area contributed by atoms with Gasteiger partial charge in [0.25, 0.3) is 0 Å². The van der Waals surface area contributed by atoms with Gasteiger partial charge < -0.3 is 4.74 Å². The summed E-state index contributed by atoms with van der Waals surface area (Å²) in [6, 6.07) is 11.4. The summed E-state index contributed by atoms with van der Waals surface area (Å²) in [7, 11) is 0. The van der Waals surface area contributed by atoms with E-state index in [0.717, 1.165) is 5.56 Å². The molecule has 0 aliphatic rings. The van der Waals surface area contributed by atoms with Gasteiger partial charge in [0.2, 0.25) is 5.75 Å². The minimum absolute atomic E-state index is 0.0888. The first-order chi connectivity index (χ1) is 8.58. The molecule has 4 nitrogen and oxygen atoms in total. The van der Waals surface area contributed by atoms with Crippen molar-refractivity contribution >= 4 is 17.3 Å². The predicted octanol–water partition coefficient (Wildman–Crippen LogP) is 4.35. The van der Waals surface area contributed by atoms with Crippen molar-refractivity contribution in [2.75, 3.05) is 0 Å². The topological polar surface area (TPSA) is 52.4 Å². The highest BCUT2D eigenvalue weighted by atomic mass is 35.5. The van der Waals surface area contributed by atoms with Crippen LogP contribution in [0.1, 0.15) is 5.56 Å². The van der Waals surface area contributed by atoms with Crippen LogP contribution in [-0.4, -0.2) is 4.92 Å². The van der Waals surface area contributed by atoms with Crippen molar-refractivity contribution in [3.63, 3.8) is 0 Å². The van der Waals surface area contributed by atoms with E-state index in [0.29, 0.717) is 10.8 Å². The lowest BCUT2D eigenvalue weighted by molar-refractivity contribution is -0.385. The molecule has 0 saturated carbocycles. The van der Waals surface area contributed by atoms with Crippen molar-refractivity contribution in [1.29, 1.82) is 0 Å². The number of nitro benzene ring substituents is 1. The van der Waals surface area contributed by atoms with E-state index < -0.39 is 4.92 Å². The molecule has 0 aromatic heterocycles. The normalized spacial score (nSPS) is 10.1. The Balaban J connectivity index is 2.37. The smallest absolute Gasteiger partial charge is 0.311 e. The highest BCUT2D eigenvalue weighted by Gasteiger charge is 2.15. The number of halogens is 1. The zero-order chi connectivity index (χ0) is 13.1. The van der Waals surface area contributed by atoms with Crippen molar-refractivity contribution < 1.29 is 9.66 Å². The summed E-state index contributed by atoms with van der Waals surface area (Å²) in [5, 5.41) is 11.3. The fourth-order valence-corrected chi connectivity index (χ4v) is 1.78. The number of ether oxygens (including phenoxy) is 1. The predicted molar refractivity (Wildman–Crippen MR) is 69.4 cm³/mol. The molecule has 0 aliphatic heterocycles. The summed E-state index contributed by atoms with van der Waals surface area (Å²) in [5.41, 5.74) is 0.907. The molecule has 2 aromatic rings. The van der Waals surface area contributed by atoms with Gasteiger partial charge >= 0.3 is 5.69 Å². The highest BCUT2D eigenvalue weighted by molar-refractivity contribution is 6.32. The molecule has 0 saturated heterocycles. The lowest BCUT2D eigenvalue weighted by Gasteiger charge is -2.08. The van der Waals surface area contributed by atoms with Crippen LogP contribution in [0.2, 0.25) is 5.02 Å². The maximum absolute atomic E-state index is 10.8. The van der Waals surface area contributed by atoms with Crippen molar-refractivity contribution in [2.24, 2.45) is 0 Å². The Morgan fingerprint density at radius 1 is 1.17 bits per heavy atom. The zero-order valence-corrected chi connectivity index (χ0v) is 10.3. The molecule has 2 rings (SSSR count). The van der Waals surface area contributed by atoms with Gasteiger partial charge in [0.1, 0.15) is 5.75 Å². The van der Waals surface area contributed by atoms with E-state index >= 15 is 0 Å². The summed E-state index contributed by atoms with van der Waals surface area (Å²) < 4.78 is 5.48. The Kier molecular flexibility index (Phi) is 3.48. The van der Waals surface area contributed by atoms with Gasteiger partial charge in [-0.2, -0.15) is 0 Å². The quantitative estimate of drug-likeness (QED) is 0.611. The second kappa shape index (κ2) is 5.06. The first-order valence-corrected chi connectivity index (χ1v) is 5.63. The van der Waals surface area contributed by atoms with Crippen LogP contribution in [0.3, 0.4) is 0 Å². The number of rotatable bonds is 3. The highest BCUT2D eigenvalue weighted by Crippen LogP contribution is 2.34. The Hall–Kier alpha value is -2.07. The number of nitrogens with zero attached hydrogens (tertiary/aromatic N) is 1. The summed E-state index contributed by atoms with van der Waals surface area (Å²) in [6.45, 7) is 1.90. The third-order valence-corrected chi connectivity index (χ3v) is 2.66. The van der Waals surface area contributed by atoms with E-state index in [-0.39, 0.29) is 11.4 Å². The van der Waals surface area contributed by atoms with Crippen molar-refractivity contribution in [2.45, 2.75) is 6.92 Å². The summed E-state index contributed by atoms with van der Waals surface area (Å²) in [4.78, 5) is 10.4. The third kappa shape index (κ3) is 2.60. The fourth-order valence-electron chi connectivity index (χ4n) is 1.50. The molecule has 0 fully saturated rings. The van der Waals surface area contributed by atoms with Crippen LogP contribution >= 0.6 is 11.6 Å². The Bertz CT molecular complexity index is 599. The number of aryl methyl sites for hydroxylation is 1. The molecular weight excluding hydrogens is 254 g/mol. The molecule has 92 valence electrons. The van der Waals surface area contributed by atoms with Gasteiger partial charge in [0.05, 0.1) is 9.95 Å². The second-order valence-electron chi connectivity index (χ2n) is 3.76. The molecule has 0 heterocycles. The summed E-state index contributed by atoms with van der Waals surface area (Å²) in [5.74, 6) is 0.574. The van der Waals surface area contributed by atoms with Crippen LogP contribution in [0.4, 0.5) is 5.69 Å². The van der Waals surface area contributed by atoms with Crippen LogP contribution < -0.4 is 4.74 Å². The number of hydrogen-bond donors (Lipinski definition) is 0. The van der Waals surface area contributed by atoms with Gasteiger partial charge in [-0.05, 0) is 30.7 Å². The first kappa shape index (κ1) is 12.4. The van der Waals surface area contributed by atoms with Crippen molar-refractivity contribution in [1.82, 2.24) is 0 Å². The van der Waals surface area contributed by atoms with E-state index in [4.69, 9.17) is 16.3 Å². The van der Waals surface area contributed by atoms with E-state index in [2.05, 4.69) is 0 Å². The average Bonchev–Trinajstić information content (AvgIpc) is 2.33. The Labute approximate surface area is 109 Å². The monoisotopic (exact) mass is 263 g/mol. The van der Waals surface area contributed by atoms with Gasteiger partial charge in [0, 0.05) is 6.07 Å². The van der Waals surface area contributed by atoms with Gasteiger partial charge in [-0.15, -0.1) is 0 Å². The summed E-state index contributed by atoms with van der Waals surface area (Å²) >= 11 is 6.02. The van der Waals surface area contributed by atoms with Crippen LogP contribution in [0.5, 0.6) is 11.5 Å². The van der Waals surface area contributed by atoms with E-state index in [1.165, 1.54) is 12.1 Å². The molecule has 0 radical (unpaired) electrons. The standard InChI is InChI=1S/C13H10ClNO3/c1-9-6-7-12(10(14)8-9)18-13-5-3-2-4-11(13)15(16)17/h2-8H,1H3. The minimum atomic E-state index is -0.489. The molecule has 0 unspecified atom stereocenters. The number of nitro groups is 1. The average molecular weight is 264 g/mol. The zero-order valence-electron chi connectivity index (χ0n) is 9.59.